The van der Waals surface area contributed by atoms with Crippen LogP contribution < -0.4 is 10.1 Å². The molecule has 1 amide bonds. The van der Waals surface area contributed by atoms with Crippen LogP contribution in [0.2, 0.25) is 0 Å². The normalized spacial score (nSPS) is 11.2. The summed E-state index contributed by atoms with van der Waals surface area (Å²) in [5, 5.41) is 9.70. The van der Waals surface area contributed by atoms with Gasteiger partial charge in [-0.15, -0.1) is 10.2 Å². The number of hydrogen-bond donors (Lipinski definition) is 1. The van der Waals surface area contributed by atoms with E-state index in [2.05, 4.69) is 15.5 Å². The van der Waals surface area contributed by atoms with Crippen molar-refractivity contribution in [3.8, 4) is 17.2 Å². The summed E-state index contributed by atoms with van der Waals surface area (Å²) in [4.78, 5) is 12.2. The number of rotatable bonds is 4. The number of amides is 1. The van der Waals surface area contributed by atoms with E-state index in [9.17, 15) is 18.0 Å². The number of carbonyl (C=O) groups is 1. The predicted molar refractivity (Wildman–Crippen MR) is 85.7 cm³/mol. The molecule has 0 atom stereocenters. The van der Waals surface area contributed by atoms with Crippen molar-refractivity contribution in [2.75, 3.05) is 12.4 Å². The van der Waals surface area contributed by atoms with Crippen molar-refractivity contribution in [3.05, 3.63) is 60.0 Å². The number of methoxy groups -OCH3 is 1. The van der Waals surface area contributed by atoms with Gasteiger partial charge in [0.25, 0.3) is 5.89 Å². The second kappa shape index (κ2) is 6.87. The fourth-order valence-corrected chi connectivity index (χ4v) is 2.20. The van der Waals surface area contributed by atoms with Crippen molar-refractivity contribution in [3.63, 3.8) is 0 Å². The number of nitrogens with one attached hydrogen (secondary N) is 1. The molecule has 0 aliphatic rings. The number of nitrogens with zero attached hydrogens (tertiary/aromatic N) is 2. The fraction of sp³-hybridized carbons (Fsp3) is 0.118. The Hall–Kier alpha value is -3.36. The molecule has 0 radical (unpaired) electrons. The molecular weight excluding hydrogens is 351 g/mol. The van der Waals surface area contributed by atoms with Crippen LogP contribution in [0.3, 0.4) is 0 Å². The first kappa shape index (κ1) is 17.5. The minimum absolute atomic E-state index is 0.0399. The van der Waals surface area contributed by atoms with Gasteiger partial charge in [0.15, 0.2) is 0 Å². The molecule has 1 aromatic heterocycles. The summed E-state index contributed by atoms with van der Waals surface area (Å²) in [6.45, 7) is 0. The summed E-state index contributed by atoms with van der Waals surface area (Å²) in [5.41, 5.74) is -0.432. The van der Waals surface area contributed by atoms with E-state index < -0.39 is 17.6 Å². The quantitative estimate of drug-likeness (QED) is 0.758. The largest absolute Gasteiger partial charge is 0.496 e. The number of hydrogen-bond acceptors (Lipinski definition) is 5. The summed E-state index contributed by atoms with van der Waals surface area (Å²) >= 11 is 0. The molecule has 0 bridgehead atoms. The average molecular weight is 363 g/mol. The minimum Gasteiger partial charge on any atom is -0.496 e. The predicted octanol–water partition coefficient (Wildman–Crippen LogP) is 4.02. The van der Waals surface area contributed by atoms with Crippen molar-refractivity contribution >= 4 is 11.6 Å². The Morgan fingerprint density at radius 2 is 1.88 bits per heavy atom. The van der Waals surface area contributed by atoms with E-state index in [-0.39, 0.29) is 17.5 Å². The molecule has 26 heavy (non-hydrogen) atoms. The van der Waals surface area contributed by atoms with E-state index in [0.29, 0.717) is 11.3 Å². The Morgan fingerprint density at radius 1 is 1.12 bits per heavy atom. The molecule has 3 aromatic rings. The van der Waals surface area contributed by atoms with E-state index in [1.807, 2.05) is 0 Å². The Morgan fingerprint density at radius 3 is 2.62 bits per heavy atom. The van der Waals surface area contributed by atoms with Crippen molar-refractivity contribution in [2.45, 2.75) is 6.18 Å². The van der Waals surface area contributed by atoms with Crippen LogP contribution >= 0.6 is 0 Å². The second-order valence-corrected chi connectivity index (χ2v) is 5.15. The van der Waals surface area contributed by atoms with Gasteiger partial charge in [0.2, 0.25) is 0 Å². The zero-order chi connectivity index (χ0) is 18.7. The number of halogens is 3. The number of para-hydroxylation sites is 1. The SMILES string of the molecule is COc1ccccc1-c1nnc(C(=O)Nc2cccc(C(F)(F)F)c2)o1. The zero-order valence-corrected chi connectivity index (χ0v) is 13.4. The number of ether oxygens (including phenoxy) is 1. The van der Waals surface area contributed by atoms with Crippen molar-refractivity contribution in [1.82, 2.24) is 10.2 Å². The maximum absolute atomic E-state index is 12.7. The van der Waals surface area contributed by atoms with E-state index >= 15 is 0 Å². The van der Waals surface area contributed by atoms with Gasteiger partial charge in [0, 0.05) is 5.69 Å². The van der Waals surface area contributed by atoms with E-state index in [1.165, 1.54) is 19.2 Å². The molecule has 0 fully saturated rings. The van der Waals surface area contributed by atoms with Crippen LogP contribution in [0.5, 0.6) is 5.75 Å². The third kappa shape index (κ3) is 3.66. The van der Waals surface area contributed by atoms with E-state index in [0.717, 1.165) is 12.1 Å². The highest BCUT2D eigenvalue weighted by Crippen LogP contribution is 2.31. The summed E-state index contributed by atoms with van der Waals surface area (Å²) in [6.07, 6.45) is -4.51. The smallest absolute Gasteiger partial charge is 0.416 e. The van der Waals surface area contributed by atoms with Gasteiger partial charge in [-0.2, -0.15) is 13.2 Å². The first-order valence-corrected chi connectivity index (χ1v) is 7.34. The Labute approximate surface area is 145 Å². The van der Waals surface area contributed by atoms with Crippen LogP contribution in [-0.4, -0.2) is 23.2 Å². The Bertz CT molecular complexity index is 938. The summed E-state index contributed by atoms with van der Waals surface area (Å²) in [6, 6.07) is 11.1. The standard InChI is InChI=1S/C17H12F3N3O3/c1-25-13-8-3-2-7-12(13)15-22-23-16(26-15)14(24)21-11-6-4-5-10(9-11)17(18,19)20/h2-9H,1H3,(H,21,24). The van der Waals surface area contributed by atoms with E-state index in [4.69, 9.17) is 9.15 Å². The topological polar surface area (TPSA) is 77.2 Å². The van der Waals surface area contributed by atoms with Gasteiger partial charge < -0.3 is 14.5 Å². The molecule has 134 valence electrons. The molecule has 1 heterocycles. The molecule has 3 rings (SSSR count). The van der Waals surface area contributed by atoms with Crippen molar-refractivity contribution in [1.29, 1.82) is 0 Å². The lowest BCUT2D eigenvalue weighted by Crippen LogP contribution is -2.13. The van der Waals surface area contributed by atoms with Gasteiger partial charge in [-0.1, -0.05) is 18.2 Å². The summed E-state index contributed by atoms with van der Waals surface area (Å²) in [7, 11) is 1.47. The molecule has 0 aliphatic carbocycles. The molecular formula is C17H12F3N3O3. The highest BCUT2D eigenvalue weighted by Gasteiger charge is 2.30. The van der Waals surface area contributed by atoms with Crippen LogP contribution in [0.15, 0.2) is 52.9 Å². The van der Waals surface area contributed by atoms with Crippen LogP contribution in [0, 0.1) is 0 Å². The molecule has 1 N–H and O–H groups in total. The zero-order valence-electron chi connectivity index (χ0n) is 13.4. The molecule has 0 unspecified atom stereocenters. The number of alkyl halides is 3. The highest BCUT2D eigenvalue weighted by molar-refractivity contribution is 6.01. The van der Waals surface area contributed by atoms with Crippen LogP contribution in [0.4, 0.5) is 18.9 Å². The maximum Gasteiger partial charge on any atom is 0.416 e. The highest BCUT2D eigenvalue weighted by atomic mass is 19.4. The van der Waals surface area contributed by atoms with Gasteiger partial charge in [0.05, 0.1) is 18.2 Å². The summed E-state index contributed by atoms with van der Waals surface area (Å²) in [5.74, 6) is -0.682. The lowest BCUT2D eigenvalue weighted by Gasteiger charge is -2.08. The Kier molecular flexibility index (Phi) is 4.61. The fourth-order valence-electron chi connectivity index (χ4n) is 2.20. The minimum atomic E-state index is -4.51. The number of benzene rings is 2. The second-order valence-electron chi connectivity index (χ2n) is 5.15. The van der Waals surface area contributed by atoms with E-state index in [1.54, 1.807) is 24.3 Å². The van der Waals surface area contributed by atoms with Crippen LogP contribution in [-0.2, 0) is 6.18 Å². The van der Waals surface area contributed by atoms with Gasteiger partial charge in [-0.25, -0.2) is 0 Å². The number of anilines is 1. The number of aromatic nitrogens is 2. The molecule has 9 heteroatoms. The molecule has 0 saturated carbocycles. The lowest BCUT2D eigenvalue weighted by atomic mass is 10.2. The van der Waals surface area contributed by atoms with Crippen LogP contribution in [0.25, 0.3) is 11.5 Å². The first-order valence-electron chi connectivity index (χ1n) is 7.34. The molecule has 0 saturated heterocycles. The molecule has 0 spiro atoms. The first-order chi connectivity index (χ1) is 12.4. The maximum atomic E-state index is 12.7. The Balaban J connectivity index is 1.81. The molecule has 0 aliphatic heterocycles. The van der Waals surface area contributed by atoms with Gasteiger partial charge >= 0.3 is 18.0 Å². The van der Waals surface area contributed by atoms with Crippen LogP contribution in [0.1, 0.15) is 16.2 Å². The third-order valence-electron chi connectivity index (χ3n) is 3.40. The monoisotopic (exact) mass is 363 g/mol. The van der Waals surface area contributed by atoms with Gasteiger partial charge in [-0.05, 0) is 30.3 Å². The average Bonchev–Trinajstić information content (AvgIpc) is 3.11. The lowest BCUT2D eigenvalue weighted by molar-refractivity contribution is -0.137. The van der Waals surface area contributed by atoms with Crippen molar-refractivity contribution < 1.29 is 27.1 Å². The van der Waals surface area contributed by atoms with Crippen molar-refractivity contribution in [2.24, 2.45) is 0 Å². The number of carbonyl (C=O) groups excluding carboxylic acids is 1. The van der Waals surface area contributed by atoms with Gasteiger partial charge in [0.1, 0.15) is 5.75 Å². The molecule has 6 nitrogen and oxygen atoms in total. The summed E-state index contributed by atoms with van der Waals surface area (Å²) < 4.78 is 48.7. The third-order valence-corrected chi connectivity index (χ3v) is 3.40. The van der Waals surface area contributed by atoms with Gasteiger partial charge in [-0.3, -0.25) is 4.79 Å². The molecule has 2 aromatic carbocycles.